The van der Waals surface area contributed by atoms with Gasteiger partial charge in [0.2, 0.25) is 5.91 Å². The normalized spacial score (nSPS) is 16.7. The van der Waals surface area contributed by atoms with Crippen LogP contribution in [0.1, 0.15) is 68.2 Å². The molecule has 3 heterocycles. The Labute approximate surface area is 212 Å². The van der Waals surface area contributed by atoms with Gasteiger partial charge in [0.1, 0.15) is 11.2 Å². The second-order valence-electron chi connectivity index (χ2n) is 11.5. The summed E-state index contributed by atoms with van der Waals surface area (Å²) in [5, 5.41) is 6.56. The Morgan fingerprint density at radius 3 is 2.36 bits per heavy atom. The zero-order valence-electron chi connectivity index (χ0n) is 22.6. The number of nitrogens with zero attached hydrogens (tertiary/aromatic N) is 3. The number of amides is 2. The van der Waals surface area contributed by atoms with E-state index in [4.69, 9.17) is 9.47 Å². The number of fused-ring (bicyclic) bond motifs is 1. The van der Waals surface area contributed by atoms with E-state index >= 15 is 0 Å². The van der Waals surface area contributed by atoms with Gasteiger partial charge in [-0.1, -0.05) is 13.8 Å². The number of piperidine rings is 1. The summed E-state index contributed by atoms with van der Waals surface area (Å²) in [7, 11) is 0. The molecule has 2 N–H and O–H groups in total. The average molecular weight is 502 g/mol. The van der Waals surface area contributed by atoms with Crippen LogP contribution in [0, 0.1) is 5.92 Å². The highest BCUT2D eigenvalue weighted by Gasteiger charge is 2.29. The maximum Gasteiger partial charge on any atom is 0.420 e. The molecule has 2 aromatic rings. The van der Waals surface area contributed by atoms with Gasteiger partial charge in [0.05, 0.1) is 16.8 Å². The third kappa shape index (κ3) is 6.89. The van der Waals surface area contributed by atoms with E-state index in [1.165, 1.54) is 4.57 Å². The molecule has 1 fully saturated rings. The van der Waals surface area contributed by atoms with Crippen molar-refractivity contribution in [3.63, 3.8) is 0 Å². The van der Waals surface area contributed by atoms with Crippen molar-refractivity contribution < 1.29 is 23.9 Å². The van der Waals surface area contributed by atoms with Crippen LogP contribution in [-0.4, -0.2) is 58.0 Å². The maximum absolute atomic E-state index is 13.0. The van der Waals surface area contributed by atoms with Crippen molar-refractivity contribution >= 4 is 40.5 Å². The molecule has 0 aliphatic carbocycles. The molecule has 1 saturated heterocycles. The third-order valence-corrected chi connectivity index (χ3v) is 5.52. The molecule has 2 aromatic heterocycles. The first-order valence-electron chi connectivity index (χ1n) is 12.4. The minimum Gasteiger partial charge on any atom is -0.444 e. The first-order valence-corrected chi connectivity index (χ1v) is 12.4. The third-order valence-electron chi connectivity index (χ3n) is 5.52. The standard InChI is InChI=1S/C26H39N5O5/c1-16(2)22(32)29-18-15-31(24(34)36-26(6,7)8)21-20(18)19(11-12-27-21)30-13-9-10-17(14-30)28-23(33)35-25(3,4)5/h11-12,15-17H,9-10,13-14H2,1-8H3,(H,28,33)(H,29,32). The zero-order chi connectivity index (χ0) is 26.8. The average Bonchev–Trinajstić information content (AvgIpc) is 3.10. The molecule has 198 valence electrons. The van der Waals surface area contributed by atoms with Gasteiger partial charge in [0.15, 0.2) is 5.65 Å². The molecule has 3 rings (SSSR count). The van der Waals surface area contributed by atoms with Crippen molar-refractivity contribution in [2.24, 2.45) is 5.92 Å². The Morgan fingerprint density at radius 1 is 1.08 bits per heavy atom. The number of carbonyl (C=O) groups excluding carboxylic acids is 3. The summed E-state index contributed by atoms with van der Waals surface area (Å²) < 4.78 is 12.3. The zero-order valence-corrected chi connectivity index (χ0v) is 22.6. The molecule has 10 nitrogen and oxygen atoms in total. The summed E-state index contributed by atoms with van der Waals surface area (Å²) >= 11 is 0. The molecule has 0 radical (unpaired) electrons. The second-order valence-corrected chi connectivity index (χ2v) is 11.5. The van der Waals surface area contributed by atoms with Gasteiger partial charge in [-0.3, -0.25) is 4.79 Å². The summed E-state index contributed by atoms with van der Waals surface area (Å²) in [4.78, 5) is 44.6. The Bertz CT molecular complexity index is 1130. The molecule has 1 unspecified atom stereocenters. The molecule has 2 amide bonds. The van der Waals surface area contributed by atoms with Crippen molar-refractivity contribution in [1.29, 1.82) is 0 Å². The quantitative estimate of drug-likeness (QED) is 0.612. The molecule has 0 aromatic carbocycles. The number of rotatable bonds is 4. The van der Waals surface area contributed by atoms with Crippen molar-refractivity contribution in [2.75, 3.05) is 23.3 Å². The number of aromatic nitrogens is 2. The number of pyridine rings is 1. The number of carbonyl (C=O) groups is 3. The van der Waals surface area contributed by atoms with Crippen molar-refractivity contribution in [1.82, 2.24) is 14.9 Å². The van der Waals surface area contributed by atoms with E-state index in [1.54, 1.807) is 47.0 Å². The van der Waals surface area contributed by atoms with Crippen LogP contribution in [-0.2, 0) is 14.3 Å². The van der Waals surface area contributed by atoms with Crippen LogP contribution in [0.25, 0.3) is 11.0 Å². The summed E-state index contributed by atoms with van der Waals surface area (Å²) in [5.41, 5.74) is 0.420. The highest BCUT2D eigenvalue weighted by atomic mass is 16.6. The number of anilines is 2. The number of nitrogens with one attached hydrogen (secondary N) is 2. The molecule has 0 bridgehead atoms. The Kier molecular flexibility index (Phi) is 7.85. The van der Waals surface area contributed by atoms with E-state index in [1.807, 2.05) is 26.8 Å². The lowest BCUT2D eigenvalue weighted by Crippen LogP contribution is -2.49. The van der Waals surface area contributed by atoms with Crippen LogP contribution in [0.3, 0.4) is 0 Å². The molecule has 1 atom stereocenters. The van der Waals surface area contributed by atoms with Gasteiger partial charge in [-0.05, 0) is 60.5 Å². The van der Waals surface area contributed by atoms with Crippen LogP contribution in [0.15, 0.2) is 18.5 Å². The van der Waals surface area contributed by atoms with Crippen LogP contribution in [0.5, 0.6) is 0 Å². The smallest absolute Gasteiger partial charge is 0.420 e. The van der Waals surface area contributed by atoms with E-state index in [0.717, 1.165) is 25.1 Å². The molecular weight excluding hydrogens is 462 g/mol. The predicted molar refractivity (Wildman–Crippen MR) is 139 cm³/mol. The molecular formula is C26H39N5O5. The summed E-state index contributed by atoms with van der Waals surface area (Å²) in [5.74, 6) is -0.418. The lowest BCUT2D eigenvalue weighted by Gasteiger charge is -2.35. The fourth-order valence-corrected chi connectivity index (χ4v) is 4.01. The molecule has 1 aliphatic rings. The Hall–Kier alpha value is -3.30. The maximum atomic E-state index is 13.0. The van der Waals surface area contributed by atoms with Gasteiger partial charge in [0, 0.05) is 37.4 Å². The van der Waals surface area contributed by atoms with Crippen LogP contribution < -0.4 is 15.5 Å². The lowest BCUT2D eigenvalue weighted by atomic mass is 10.0. The first-order chi connectivity index (χ1) is 16.6. The second kappa shape index (κ2) is 10.4. The molecule has 0 saturated carbocycles. The summed E-state index contributed by atoms with van der Waals surface area (Å²) in [6.07, 6.45) is 3.85. The number of ether oxygens (including phenoxy) is 2. The first kappa shape index (κ1) is 27.3. The van der Waals surface area contributed by atoms with Crippen LogP contribution in [0.2, 0.25) is 0 Å². The van der Waals surface area contributed by atoms with E-state index in [2.05, 4.69) is 20.5 Å². The predicted octanol–water partition coefficient (Wildman–Crippen LogP) is 4.91. The van der Waals surface area contributed by atoms with Gasteiger partial charge in [0.25, 0.3) is 0 Å². The Balaban J connectivity index is 1.98. The van der Waals surface area contributed by atoms with Gasteiger partial charge in [-0.15, -0.1) is 0 Å². The number of hydrogen-bond acceptors (Lipinski definition) is 7. The summed E-state index contributed by atoms with van der Waals surface area (Å²) in [6.45, 7) is 15.8. The van der Waals surface area contributed by atoms with Crippen molar-refractivity contribution in [2.45, 2.75) is 85.5 Å². The SMILES string of the molecule is CC(C)C(=O)Nc1cn(C(=O)OC(C)(C)C)c2nccc(N3CCCC(NC(=O)OC(C)(C)C)C3)c12. The molecule has 36 heavy (non-hydrogen) atoms. The summed E-state index contributed by atoms with van der Waals surface area (Å²) in [6, 6.07) is 1.75. The van der Waals surface area contributed by atoms with Gasteiger partial charge in [-0.25, -0.2) is 19.1 Å². The van der Waals surface area contributed by atoms with Crippen LogP contribution in [0.4, 0.5) is 21.0 Å². The monoisotopic (exact) mass is 501 g/mol. The highest BCUT2D eigenvalue weighted by Crippen LogP contribution is 2.35. The molecule has 1 aliphatic heterocycles. The molecule has 0 spiro atoms. The van der Waals surface area contributed by atoms with E-state index < -0.39 is 23.4 Å². The lowest BCUT2D eigenvalue weighted by molar-refractivity contribution is -0.118. The van der Waals surface area contributed by atoms with E-state index in [-0.39, 0.29) is 17.9 Å². The van der Waals surface area contributed by atoms with Gasteiger partial charge < -0.3 is 25.0 Å². The number of hydrogen-bond donors (Lipinski definition) is 2. The van der Waals surface area contributed by atoms with E-state index in [0.29, 0.717) is 23.3 Å². The van der Waals surface area contributed by atoms with Crippen LogP contribution >= 0.6 is 0 Å². The van der Waals surface area contributed by atoms with Gasteiger partial charge in [-0.2, -0.15) is 0 Å². The van der Waals surface area contributed by atoms with E-state index in [9.17, 15) is 14.4 Å². The fourth-order valence-electron chi connectivity index (χ4n) is 4.01. The largest absolute Gasteiger partial charge is 0.444 e. The minimum absolute atomic E-state index is 0.113. The minimum atomic E-state index is -0.694. The van der Waals surface area contributed by atoms with Crippen molar-refractivity contribution in [3.05, 3.63) is 18.5 Å². The van der Waals surface area contributed by atoms with Crippen molar-refractivity contribution in [3.8, 4) is 0 Å². The molecule has 10 heteroatoms. The highest BCUT2D eigenvalue weighted by molar-refractivity contribution is 6.09. The number of alkyl carbamates (subject to hydrolysis) is 1. The fraction of sp³-hybridized carbons (Fsp3) is 0.615. The topological polar surface area (TPSA) is 115 Å². The van der Waals surface area contributed by atoms with Gasteiger partial charge >= 0.3 is 12.2 Å². The Morgan fingerprint density at radius 2 is 1.75 bits per heavy atom.